The van der Waals surface area contributed by atoms with Gasteiger partial charge < -0.3 is 15.4 Å². The Hall–Kier alpha value is -2.33. The Labute approximate surface area is 162 Å². The van der Waals surface area contributed by atoms with E-state index in [1.165, 1.54) is 11.1 Å². The van der Waals surface area contributed by atoms with E-state index in [1.54, 1.807) is 0 Å². The van der Waals surface area contributed by atoms with E-state index < -0.39 is 0 Å². The lowest BCUT2D eigenvalue weighted by molar-refractivity contribution is -0.130. The predicted molar refractivity (Wildman–Crippen MR) is 109 cm³/mol. The smallest absolute Gasteiger partial charge is 0.222 e. The molecular formula is C23H30N2O2. The number of unbranched alkanes of at least 4 members (excludes halogenated alkanes) is 1. The van der Waals surface area contributed by atoms with Gasteiger partial charge in [0.05, 0.1) is 6.61 Å². The van der Waals surface area contributed by atoms with Gasteiger partial charge in [0.2, 0.25) is 5.91 Å². The van der Waals surface area contributed by atoms with Crippen LogP contribution in [0.5, 0.6) is 5.75 Å². The number of nitrogens with two attached hydrogens (primary N) is 1. The van der Waals surface area contributed by atoms with Crippen molar-refractivity contribution in [3.05, 3.63) is 65.2 Å². The number of carbonyl (C=O) groups excluding carboxylic acids is 1. The van der Waals surface area contributed by atoms with Crippen LogP contribution in [0.15, 0.2) is 48.5 Å². The van der Waals surface area contributed by atoms with E-state index in [2.05, 4.69) is 44.2 Å². The first-order chi connectivity index (χ1) is 13.0. The third-order valence-corrected chi connectivity index (χ3v) is 5.33. The van der Waals surface area contributed by atoms with Crippen LogP contribution in [-0.2, 0) is 4.79 Å². The van der Waals surface area contributed by atoms with Gasteiger partial charge in [-0.2, -0.15) is 0 Å². The molecule has 0 aliphatic carbocycles. The summed E-state index contributed by atoms with van der Waals surface area (Å²) in [6.07, 6.45) is 2.27. The van der Waals surface area contributed by atoms with Crippen LogP contribution in [0.2, 0.25) is 0 Å². The van der Waals surface area contributed by atoms with Gasteiger partial charge in [-0.1, -0.05) is 42.5 Å². The van der Waals surface area contributed by atoms with Gasteiger partial charge in [-0.3, -0.25) is 4.79 Å². The lowest BCUT2D eigenvalue weighted by Gasteiger charge is -2.16. The van der Waals surface area contributed by atoms with Crippen LogP contribution in [0.4, 0.5) is 0 Å². The fourth-order valence-corrected chi connectivity index (χ4v) is 3.67. The summed E-state index contributed by atoms with van der Waals surface area (Å²) in [6, 6.07) is 16.5. The number of carbonyl (C=O) groups is 1. The number of ether oxygens (including phenoxy) is 1. The van der Waals surface area contributed by atoms with Crippen molar-refractivity contribution in [2.75, 3.05) is 19.7 Å². The van der Waals surface area contributed by atoms with Crippen molar-refractivity contribution in [2.45, 2.75) is 45.1 Å². The number of hydrogen-bond donors (Lipinski definition) is 1. The number of likely N-dealkylation sites (tertiary alicyclic amines) is 1. The summed E-state index contributed by atoms with van der Waals surface area (Å²) in [5, 5.41) is 0. The van der Waals surface area contributed by atoms with Crippen molar-refractivity contribution in [3.63, 3.8) is 0 Å². The van der Waals surface area contributed by atoms with Crippen LogP contribution in [0.25, 0.3) is 0 Å². The minimum atomic E-state index is 0.0176. The van der Waals surface area contributed by atoms with Crippen LogP contribution in [0.3, 0.4) is 0 Å². The molecule has 1 aliphatic rings. The molecule has 2 N–H and O–H groups in total. The van der Waals surface area contributed by atoms with Crippen molar-refractivity contribution in [1.82, 2.24) is 4.90 Å². The van der Waals surface area contributed by atoms with Crippen molar-refractivity contribution in [1.29, 1.82) is 0 Å². The molecule has 1 saturated heterocycles. The van der Waals surface area contributed by atoms with Gasteiger partial charge in [-0.25, -0.2) is 0 Å². The quantitative estimate of drug-likeness (QED) is 0.758. The summed E-state index contributed by atoms with van der Waals surface area (Å²) in [4.78, 5) is 14.5. The molecule has 3 rings (SSSR count). The van der Waals surface area contributed by atoms with Crippen molar-refractivity contribution < 1.29 is 9.53 Å². The molecule has 0 bridgehead atoms. The average molecular weight is 367 g/mol. The van der Waals surface area contributed by atoms with E-state index in [0.717, 1.165) is 30.7 Å². The second kappa shape index (κ2) is 9.05. The highest BCUT2D eigenvalue weighted by Gasteiger charge is 2.33. The Morgan fingerprint density at radius 3 is 2.67 bits per heavy atom. The fraction of sp³-hybridized carbons (Fsp3) is 0.435. The topological polar surface area (TPSA) is 55.6 Å². The molecule has 0 spiro atoms. The molecule has 0 radical (unpaired) electrons. The van der Waals surface area contributed by atoms with Gasteiger partial charge in [-0.15, -0.1) is 0 Å². The molecular weight excluding hydrogens is 336 g/mol. The third-order valence-electron chi connectivity index (χ3n) is 5.33. The van der Waals surface area contributed by atoms with Gasteiger partial charge in [0.25, 0.3) is 0 Å². The van der Waals surface area contributed by atoms with E-state index >= 15 is 0 Å². The molecule has 1 aliphatic heterocycles. The molecule has 0 aromatic heterocycles. The molecule has 2 aromatic carbocycles. The fourth-order valence-electron chi connectivity index (χ4n) is 3.67. The molecule has 4 heteroatoms. The molecule has 4 nitrogen and oxygen atoms in total. The zero-order valence-corrected chi connectivity index (χ0v) is 16.4. The van der Waals surface area contributed by atoms with Gasteiger partial charge >= 0.3 is 0 Å². The van der Waals surface area contributed by atoms with Gasteiger partial charge in [0.1, 0.15) is 5.75 Å². The van der Waals surface area contributed by atoms with Crippen molar-refractivity contribution in [2.24, 2.45) is 5.73 Å². The Morgan fingerprint density at radius 1 is 1.11 bits per heavy atom. The van der Waals surface area contributed by atoms with Gasteiger partial charge in [0, 0.05) is 31.5 Å². The SMILES string of the molecule is Cc1ccc(C)c(OCCCCC(=O)N2C[C@@H](N)[C@H](c3ccccc3)C2)c1. The highest BCUT2D eigenvalue weighted by atomic mass is 16.5. The van der Waals surface area contributed by atoms with Crippen molar-refractivity contribution >= 4 is 5.91 Å². The average Bonchev–Trinajstić information content (AvgIpc) is 3.06. The first-order valence-electron chi connectivity index (χ1n) is 9.83. The standard InChI is InChI=1S/C23H30N2O2/c1-17-11-12-18(2)22(14-17)27-13-7-6-10-23(26)25-15-20(21(24)16-25)19-8-4-3-5-9-19/h3-5,8-9,11-12,14,20-21H,6-7,10,13,15-16,24H2,1-2H3/t20-,21+/m0/s1. The summed E-state index contributed by atoms with van der Waals surface area (Å²) >= 11 is 0. The highest BCUT2D eigenvalue weighted by Crippen LogP contribution is 2.27. The molecule has 1 amide bonds. The summed E-state index contributed by atoms with van der Waals surface area (Å²) in [5.74, 6) is 1.39. The van der Waals surface area contributed by atoms with E-state index in [4.69, 9.17) is 10.5 Å². The highest BCUT2D eigenvalue weighted by molar-refractivity contribution is 5.76. The van der Waals surface area contributed by atoms with Crippen LogP contribution in [-0.4, -0.2) is 36.5 Å². The van der Waals surface area contributed by atoms with Crippen molar-refractivity contribution in [3.8, 4) is 5.75 Å². The molecule has 0 saturated carbocycles. The minimum absolute atomic E-state index is 0.0176. The molecule has 144 valence electrons. The maximum absolute atomic E-state index is 12.5. The van der Waals surface area contributed by atoms with Gasteiger partial charge in [-0.05, 0) is 49.4 Å². The van der Waals surface area contributed by atoms with Crippen LogP contribution >= 0.6 is 0 Å². The molecule has 1 heterocycles. The normalized spacial score (nSPS) is 19.3. The predicted octanol–water partition coefficient (Wildman–Crippen LogP) is 3.81. The largest absolute Gasteiger partial charge is 0.493 e. The summed E-state index contributed by atoms with van der Waals surface area (Å²) < 4.78 is 5.87. The monoisotopic (exact) mass is 366 g/mol. The van der Waals surface area contributed by atoms with Crippen LogP contribution < -0.4 is 10.5 Å². The summed E-state index contributed by atoms with van der Waals surface area (Å²) in [6.45, 7) is 6.14. The lowest BCUT2D eigenvalue weighted by atomic mass is 9.95. The molecule has 1 fully saturated rings. The molecule has 2 aromatic rings. The van der Waals surface area contributed by atoms with Crippen LogP contribution in [0, 0.1) is 13.8 Å². The first-order valence-corrected chi connectivity index (χ1v) is 9.83. The number of amides is 1. The number of hydrogen-bond acceptors (Lipinski definition) is 3. The molecule has 27 heavy (non-hydrogen) atoms. The lowest BCUT2D eigenvalue weighted by Crippen LogP contribution is -2.32. The molecule has 2 atom stereocenters. The second-order valence-corrected chi connectivity index (χ2v) is 7.55. The number of rotatable bonds is 7. The maximum atomic E-state index is 12.5. The van der Waals surface area contributed by atoms with Crippen LogP contribution in [0.1, 0.15) is 41.9 Å². The number of aryl methyl sites for hydroxylation is 2. The zero-order valence-electron chi connectivity index (χ0n) is 16.4. The van der Waals surface area contributed by atoms with E-state index in [-0.39, 0.29) is 17.9 Å². The number of nitrogens with zero attached hydrogens (tertiary/aromatic N) is 1. The minimum Gasteiger partial charge on any atom is -0.493 e. The maximum Gasteiger partial charge on any atom is 0.222 e. The Morgan fingerprint density at radius 2 is 1.89 bits per heavy atom. The summed E-state index contributed by atoms with van der Waals surface area (Å²) in [5.41, 5.74) is 9.86. The zero-order chi connectivity index (χ0) is 19.2. The van der Waals surface area contributed by atoms with E-state index in [1.807, 2.05) is 23.1 Å². The Kier molecular flexibility index (Phi) is 6.51. The van der Waals surface area contributed by atoms with E-state index in [9.17, 15) is 4.79 Å². The Balaban J connectivity index is 1.40. The van der Waals surface area contributed by atoms with Gasteiger partial charge in [0.15, 0.2) is 0 Å². The number of benzene rings is 2. The molecule has 0 unspecified atom stereocenters. The first kappa shape index (κ1) is 19.4. The summed E-state index contributed by atoms with van der Waals surface area (Å²) in [7, 11) is 0. The second-order valence-electron chi connectivity index (χ2n) is 7.55. The third kappa shape index (κ3) is 5.10. The Bertz CT molecular complexity index is 760. The van der Waals surface area contributed by atoms with E-state index in [0.29, 0.717) is 19.6 Å².